The van der Waals surface area contributed by atoms with Gasteiger partial charge in [-0.15, -0.1) is 0 Å². The Kier molecular flexibility index (Phi) is 3.63. The predicted molar refractivity (Wildman–Crippen MR) is 75.0 cm³/mol. The molecule has 0 aliphatic carbocycles. The summed E-state index contributed by atoms with van der Waals surface area (Å²) in [7, 11) is 0. The lowest BCUT2D eigenvalue weighted by atomic mass is 10.2. The second-order valence-corrected chi connectivity index (χ2v) is 4.95. The van der Waals surface area contributed by atoms with Crippen molar-refractivity contribution in [2.45, 2.75) is 6.92 Å². The number of benzene rings is 1. The number of hydrogen-bond donors (Lipinski definition) is 2. The molecule has 1 aromatic carbocycles. The fourth-order valence-electron chi connectivity index (χ4n) is 1.43. The summed E-state index contributed by atoms with van der Waals surface area (Å²) in [6.07, 6.45) is 1.36. The molecule has 0 saturated heterocycles. The summed E-state index contributed by atoms with van der Waals surface area (Å²) < 4.78 is 5.62. The number of amides is 1. The van der Waals surface area contributed by atoms with Gasteiger partial charge in [0.1, 0.15) is 0 Å². The van der Waals surface area contributed by atoms with Gasteiger partial charge < -0.3 is 15.5 Å². The molecule has 0 bridgehead atoms. The Balaban J connectivity index is 2.28. The first-order valence-electron chi connectivity index (χ1n) is 5.09. The number of hydrogen-bond acceptors (Lipinski definition) is 3. The minimum atomic E-state index is -0.349. The highest BCUT2D eigenvalue weighted by molar-refractivity contribution is 9.10. The van der Waals surface area contributed by atoms with Crippen LogP contribution in [0.5, 0.6) is 0 Å². The van der Waals surface area contributed by atoms with Crippen molar-refractivity contribution in [2.75, 3.05) is 11.1 Å². The number of furan rings is 1. The lowest BCUT2D eigenvalue weighted by Crippen LogP contribution is -2.12. The van der Waals surface area contributed by atoms with E-state index in [4.69, 9.17) is 21.8 Å². The van der Waals surface area contributed by atoms with Crippen molar-refractivity contribution < 1.29 is 9.21 Å². The molecule has 0 aliphatic heterocycles. The fourth-order valence-corrected chi connectivity index (χ4v) is 2.19. The van der Waals surface area contributed by atoms with Gasteiger partial charge in [0.15, 0.2) is 0 Å². The Hall–Kier alpha value is -1.46. The Bertz CT molecular complexity index is 610. The van der Waals surface area contributed by atoms with Crippen molar-refractivity contribution in [1.82, 2.24) is 0 Å². The Morgan fingerprint density at radius 3 is 2.83 bits per heavy atom. The van der Waals surface area contributed by atoms with Gasteiger partial charge in [-0.05, 0) is 58.2 Å². The summed E-state index contributed by atoms with van der Waals surface area (Å²) in [5, 5.41) is 2.77. The van der Waals surface area contributed by atoms with Gasteiger partial charge in [0.2, 0.25) is 5.22 Å². The van der Waals surface area contributed by atoms with E-state index in [-0.39, 0.29) is 16.7 Å². The van der Waals surface area contributed by atoms with Gasteiger partial charge in [-0.1, -0.05) is 0 Å². The van der Waals surface area contributed by atoms with Crippen LogP contribution in [0.3, 0.4) is 0 Å². The first kappa shape index (κ1) is 13.0. The molecule has 2 rings (SSSR count). The highest BCUT2D eigenvalue weighted by Gasteiger charge is 2.14. The molecule has 18 heavy (non-hydrogen) atoms. The van der Waals surface area contributed by atoms with Crippen LogP contribution in [-0.4, -0.2) is 5.91 Å². The molecule has 1 amide bonds. The molecule has 0 spiro atoms. The summed E-state index contributed by atoms with van der Waals surface area (Å²) in [4.78, 5) is 11.9. The normalized spacial score (nSPS) is 10.4. The maximum Gasteiger partial charge on any atom is 0.260 e. The Morgan fingerprint density at radius 1 is 1.50 bits per heavy atom. The maximum absolute atomic E-state index is 11.9. The highest BCUT2D eigenvalue weighted by atomic mass is 79.9. The lowest BCUT2D eigenvalue weighted by Gasteiger charge is -2.09. The lowest BCUT2D eigenvalue weighted by molar-refractivity contribution is 0.102. The van der Waals surface area contributed by atoms with E-state index in [1.54, 1.807) is 6.07 Å². The van der Waals surface area contributed by atoms with Crippen LogP contribution >= 0.6 is 27.5 Å². The molecule has 94 valence electrons. The molecule has 2 aromatic rings. The van der Waals surface area contributed by atoms with E-state index in [1.165, 1.54) is 12.3 Å². The second-order valence-electron chi connectivity index (χ2n) is 3.75. The summed E-state index contributed by atoms with van der Waals surface area (Å²) in [5.74, 6) is -0.349. The molecule has 4 nitrogen and oxygen atoms in total. The summed E-state index contributed by atoms with van der Waals surface area (Å²) in [6.45, 7) is 1.89. The van der Waals surface area contributed by atoms with Gasteiger partial charge in [0, 0.05) is 10.2 Å². The SMILES string of the molecule is Cc1cc(Br)c(NC(=O)c2ccoc2Cl)cc1N. The van der Waals surface area contributed by atoms with Crippen LogP contribution in [0.1, 0.15) is 15.9 Å². The van der Waals surface area contributed by atoms with Crippen molar-refractivity contribution in [1.29, 1.82) is 0 Å². The monoisotopic (exact) mass is 328 g/mol. The standard InChI is InChI=1S/C12H10BrClN2O2/c1-6-4-8(13)10(5-9(6)15)16-12(17)7-2-3-18-11(7)14/h2-5H,15H2,1H3,(H,16,17). The molecule has 1 heterocycles. The number of nitrogen functional groups attached to an aromatic ring is 1. The Labute approximate surface area is 117 Å². The molecule has 3 N–H and O–H groups in total. The molecule has 1 aromatic heterocycles. The molecule has 0 atom stereocenters. The van der Waals surface area contributed by atoms with Crippen molar-refractivity contribution in [3.05, 3.63) is 45.3 Å². The zero-order valence-electron chi connectivity index (χ0n) is 9.46. The van der Waals surface area contributed by atoms with Crippen LogP contribution in [0.15, 0.2) is 33.4 Å². The van der Waals surface area contributed by atoms with Gasteiger partial charge in [-0.25, -0.2) is 0 Å². The average molecular weight is 330 g/mol. The smallest absolute Gasteiger partial charge is 0.260 e. The van der Waals surface area contributed by atoms with Crippen LogP contribution < -0.4 is 11.1 Å². The van der Waals surface area contributed by atoms with Crippen molar-refractivity contribution in [3.63, 3.8) is 0 Å². The number of anilines is 2. The minimum absolute atomic E-state index is 0.0590. The third kappa shape index (κ3) is 2.52. The van der Waals surface area contributed by atoms with E-state index in [0.717, 1.165) is 10.0 Å². The number of carbonyl (C=O) groups excluding carboxylic acids is 1. The predicted octanol–water partition coefficient (Wildman–Crippen LogP) is 3.84. The van der Waals surface area contributed by atoms with Gasteiger partial charge in [0.25, 0.3) is 5.91 Å². The average Bonchev–Trinajstić information content (AvgIpc) is 2.72. The minimum Gasteiger partial charge on any atom is -0.452 e. The second kappa shape index (κ2) is 5.04. The quantitative estimate of drug-likeness (QED) is 0.823. The molecular formula is C12H10BrClN2O2. The molecule has 0 saturated carbocycles. The topological polar surface area (TPSA) is 68.3 Å². The van der Waals surface area contributed by atoms with Crippen LogP contribution in [-0.2, 0) is 0 Å². The van der Waals surface area contributed by atoms with Crippen LogP contribution in [0.25, 0.3) is 0 Å². The third-order valence-electron chi connectivity index (χ3n) is 2.47. The van der Waals surface area contributed by atoms with E-state index >= 15 is 0 Å². The zero-order chi connectivity index (χ0) is 13.3. The maximum atomic E-state index is 11.9. The van der Waals surface area contributed by atoms with Gasteiger partial charge in [0.05, 0.1) is 17.5 Å². The number of halogens is 2. The molecule has 0 radical (unpaired) electrons. The first-order chi connectivity index (χ1) is 8.49. The summed E-state index contributed by atoms with van der Waals surface area (Å²) in [5.41, 5.74) is 8.20. The van der Waals surface area contributed by atoms with E-state index in [9.17, 15) is 4.79 Å². The van der Waals surface area contributed by atoms with E-state index in [2.05, 4.69) is 21.2 Å². The number of nitrogens with one attached hydrogen (secondary N) is 1. The number of nitrogens with two attached hydrogens (primary N) is 1. The van der Waals surface area contributed by atoms with Gasteiger partial charge in [-0.3, -0.25) is 4.79 Å². The van der Waals surface area contributed by atoms with Gasteiger partial charge >= 0.3 is 0 Å². The fraction of sp³-hybridized carbons (Fsp3) is 0.0833. The van der Waals surface area contributed by atoms with E-state index in [1.807, 2.05) is 13.0 Å². The Morgan fingerprint density at radius 2 is 2.22 bits per heavy atom. The third-order valence-corrected chi connectivity index (χ3v) is 3.42. The summed E-state index contributed by atoms with van der Waals surface area (Å²) in [6, 6.07) is 5.02. The number of rotatable bonds is 2. The van der Waals surface area contributed by atoms with Crippen LogP contribution in [0.4, 0.5) is 11.4 Å². The van der Waals surface area contributed by atoms with E-state index in [0.29, 0.717) is 11.4 Å². The van der Waals surface area contributed by atoms with Crippen molar-refractivity contribution in [3.8, 4) is 0 Å². The first-order valence-corrected chi connectivity index (χ1v) is 6.26. The largest absolute Gasteiger partial charge is 0.452 e. The molecular weight excluding hydrogens is 320 g/mol. The van der Waals surface area contributed by atoms with Crippen LogP contribution in [0.2, 0.25) is 5.22 Å². The molecule has 0 unspecified atom stereocenters. The van der Waals surface area contributed by atoms with Crippen LogP contribution in [0, 0.1) is 6.92 Å². The van der Waals surface area contributed by atoms with Crippen molar-refractivity contribution >= 4 is 44.8 Å². The molecule has 6 heteroatoms. The highest BCUT2D eigenvalue weighted by Crippen LogP contribution is 2.28. The molecule has 0 fully saturated rings. The summed E-state index contributed by atoms with van der Waals surface area (Å²) >= 11 is 9.10. The van der Waals surface area contributed by atoms with E-state index < -0.39 is 0 Å². The van der Waals surface area contributed by atoms with Crippen molar-refractivity contribution in [2.24, 2.45) is 0 Å². The molecule has 0 aliphatic rings. The number of aryl methyl sites for hydroxylation is 1. The van der Waals surface area contributed by atoms with Gasteiger partial charge in [-0.2, -0.15) is 0 Å². The number of carbonyl (C=O) groups is 1. The zero-order valence-corrected chi connectivity index (χ0v) is 11.8.